The second kappa shape index (κ2) is 6.78. The van der Waals surface area contributed by atoms with Gasteiger partial charge in [0.1, 0.15) is 5.60 Å². The zero-order valence-electron chi connectivity index (χ0n) is 18.0. The van der Waals surface area contributed by atoms with Crippen LogP contribution in [0.1, 0.15) is 48.9 Å². The van der Waals surface area contributed by atoms with Crippen LogP contribution in [0.2, 0.25) is 0 Å². The molecule has 0 spiro atoms. The first-order valence-corrected chi connectivity index (χ1v) is 11.0. The molecule has 0 amide bonds. The summed E-state index contributed by atoms with van der Waals surface area (Å²) in [6.07, 6.45) is 0.608. The second-order valence-corrected chi connectivity index (χ2v) is 8.64. The van der Waals surface area contributed by atoms with Crippen molar-refractivity contribution in [3.63, 3.8) is 0 Å². The summed E-state index contributed by atoms with van der Waals surface area (Å²) in [7, 11) is 0. The minimum atomic E-state index is -1.64. The van der Waals surface area contributed by atoms with Crippen LogP contribution in [-0.2, 0) is 29.9 Å². The van der Waals surface area contributed by atoms with Crippen molar-refractivity contribution in [3.05, 3.63) is 50.8 Å². The fourth-order valence-corrected chi connectivity index (χ4v) is 5.20. The molecule has 3 aliphatic heterocycles. The zero-order valence-corrected chi connectivity index (χ0v) is 18.0. The van der Waals surface area contributed by atoms with Crippen LogP contribution in [0.5, 0.6) is 11.5 Å². The Hall–Kier alpha value is -2.94. The lowest BCUT2D eigenvalue weighted by atomic mass is 9.85. The summed E-state index contributed by atoms with van der Waals surface area (Å²) >= 11 is 0. The lowest BCUT2D eigenvalue weighted by Gasteiger charge is -2.37. The topological polar surface area (TPSA) is 103 Å². The van der Waals surface area contributed by atoms with E-state index in [2.05, 4.69) is 6.92 Å². The van der Waals surface area contributed by atoms with Gasteiger partial charge < -0.3 is 29.0 Å². The highest BCUT2D eigenvalue weighted by atomic mass is 16.7. The molecule has 0 aliphatic carbocycles. The zero-order chi connectivity index (χ0) is 22.2. The summed E-state index contributed by atoms with van der Waals surface area (Å²) in [6.45, 7) is 4.45. The molecule has 3 aromatic rings. The van der Waals surface area contributed by atoms with Gasteiger partial charge in [0.2, 0.25) is 6.79 Å². The van der Waals surface area contributed by atoms with E-state index in [1.807, 2.05) is 12.1 Å². The SMILES string of the molecule is CCCc1c2c(nc3cc4c(cc13)OCO4)-c1cc3c(c(=O)n1C2)COC(O)[C@]3(O)CC. The molecule has 1 unspecified atom stereocenters. The van der Waals surface area contributed by atoms with E-state index < -0.39 is 11.9 Å². The van der Waals surface area contributed by atoms with E-state index in [-0.39, 0.29) is 25.4 Å². The first-order valence-electron chi connectivity index (χ1n) is 11.0. The van der Waals surface area contributed by atoms with E-state index in [1.165, 1.54) is 0 Å². The summed E-state index contributed by atoms with van der Waals surface area (Å²) in [5.41, 5.74) is 3.29. The van der Waals surface area contributed by atoms with Crippen LogP contribution in [0.25, 0.3) is 22.3 Å². The van der Waals surface area contributed by atoms with Crippen molar-refractivity contribution in [2.45, 2.75) is 58.2 Å². The Morgan fingerprint density at radius 3 is 2.72 bits per heavy atom. The van der Waals surface area contributed by atoms with E-state index in [1.54, 1.807) is 17.6 Å². The number of pyridine rings is 2. The number of hydrogen-bond acceptors (Lipinski definition) is 7. The van der Waals surface area contributed by atoms with E-state index >= 15 is 0 Å². The molecule has 0 fully saturated rings. The third-order valence-electron chi connectivity index (χ3n) is 6.96. The minimum Gasteiger partial charge on any atom is -0.454 e. The molecule has 2 atom stereocenters. The molecule has 2 N–H and O–H groups in total. The van der Waals surface area contributed by atoms with Crippen LogP contribution >= 0.6 is 0 Å². The molecule has 8 nitrogen and oxygen atoms in total. The molecule has 1 aromatic carbocycles. The monoisotopic (exact) mass is 436 g/mol. The van der Waals surface area contributed by atoms with Crippen LogP contribution in [0.3, 0.4) is 0 Å². The lowest BCUT2D eigenvalue weighted by Crippen LogP contribution is -2.47. The highest BCUT2D eigenvalue weighted by Gasteiger charge is 2.44. The highest BCUT2D eigenvalue weighted by Crippen LogP contribution is 2.43. The normalized spacial score (nSPS) is 22.7. The molecule has 166 valence electrons. The van der Waals surface area contributed by atoms with Crippen molar-refractivity contribution < 1.29 is 24.4 Å². The number of aliphatic hydroxyl groups excluding tert-OH is 1. The molecule has 6 rings (SSSR count). The van der Waals surface area contributed by atoms with Gasteiger partial charge in [0.15, 0.2) is 17.8 Å². The fraction of sp³-hybridized carbons (Fsp3) is 0.417. The first-order chi connectivity index (χ1) is 15.5. The number of ether oxygens (including phenoxy) is 3. The van der Waals surface area contributed by atoms with Gasteiger partial charge in [-0.1, -0.05) is 20.3 Å². The van der Waals surface area contributed by atoms with E-state index in [4.69, 9.17) is 19.2 Å². The van der Waals surface area contributed by atoms with Gasteiger partial charge in [-0.3, -0.25) is 4.79 Å². The Labute approximate surface area is 184 Å². The second-order valence-electron chi connectivity index (χ2n) is 8.64. The predicted molar refractivity (Wildman–Crippen MR) is 116 cm³/mol. The maximum Gasteiger partial charge on any atom is 0.257 e. The molecule has 2 aromatic heterocycles. The Balaban J connectivity index is 1.64. The fourth-order valence-electron chi connectivity index (χ4n) is 5.20. The molecule has 5 heterocycles. The Kier molecular flexibility index (Phi) is 4.18. The molecule has 0 bridgehead atoms. The highest BCUT2D eigenvalue weighted by molar-refractivity contribution is 5.90. The number of aryl methyl sites for hydroxylation is 1. The van der Waals surface area contributed by atoms with Gasteiger partial charge in [-0.05, 0) is 30.5 Å². The van der Waals surface area contributed by atoms with Crippen molar-refractivity contribution in [1.82, 2.24) is 9.55 Å². The number of nitrogens with zero attached hydrogens (tertiary/aromatic N) is 2. The van der Waals surface area contributed by atoms with Crippen molar-refractivity contribution >= 4 is 10.9 Å². The van der Waals surface area contributed by atoms with Gasteiger partial charge in [-0.25, -0.2) is 4.98 Å². The molecule has 0 saturated carbocycles. The van der Waals surface area contributed by atoms with Crippen molar-refractivity contribution in [1.29, 1.82) is 0 Å². The minimum absolute atomic E-state index is 0.0348. The summed E-state index contributed by atoms with van der Waals surface area (Å²) in [5.74, 6) is 1.37. The molecule has 0 radical (unpaired) electrons. The number of rotatable bonds is 3. The van der Waals surface area contributed by atoms with Crippen LogP contribution in [0, 0.1) is 0 Å². The average Bonchev–Trinajstić information content (AvgIpc) is 3.40. The molecule has 8 heteroatoms. The number of benzene rings is 1. The van der Waals surface area contributed by atoms with Gasteiger partial charge in [-0.15, -0.1) is 0 Å². The number of fused-ring (bicyclic) bond motifs is 6. The van der Waals surface area contributed by atoms with Crippen molar-refractivity contribution in [2.24, 2.45) is 0 Å². The smallest absolute Gasteiger partial charge is 0.257 e. The number of hydrogen-bond donors (Lipinski definition) is 2. The van der Waals surface area contributed by atoms with Gasteiger partial charge >= 0.3 is 0 Å². The average molecular weight is 436 g/mol. The summed E-state index contributed by atoms with van der Waals surface area (Å²) < 4.78 is 18.2. The molecule has 3 aliphatic rings. The molecular formula is C24H24N2O6. The third-order valence-corrected chi connectivity index (χ3v) is 6.96. The molecular weight excluding hydrogens is 412 g/mol. The van der Waals surface area contributed by atoms with E-state index in [0.29, 0.717) is 34.9 Å². The lowest BCUT2D eigenvalue weighted by molar-refractivity contribution is -0.236. The largest absolute Gasteiger partial charge is 0.454 e. The Morgan fingerprint density at radius 1 is 1.19 bits per heavy atom. The standard InChI is InChI=1S/C24H24N2O6/c1-3-5-12-13-6-19-20(32-11-31-19)8-17(13)25-21-14(12)9-26-18(21)7-16-15(22(26)27)10-30-23(28)24(16,29)4-2/h6-8,23,28-29H,3-5,9-11H2,1-2H3/t23?,24-/m0/s1. The van der Waals surface area contributed by atoms with E-state index in [0.717, 1.165) is 40.6 Å². The van der Waals surface area contributed by atoms with Crippen molar-refractivity contribution in [2.75, 3.05) is 6.79 Å². The maximum absolute atomic E-state index is 13.4. The summed E-state index contributed by atoms with van der Waals surface area (Å²) in [4.78, 5) is 18.4. The molecule has 32 heavy (non-hydrogen) atoms. The van der Waals surface area contributed by atoms with Crippen LogP contribution in [0.15, 0.2) is 23.0 Å². The predicted octanol–water partition coefficient (Wildman–Crippen LogP) is 2.55. The van der Waals surface area contributed by atoms with Gasteiger partial charge in [-0.2, -0.15) is 0 Å². The van der Waals surface area contributed by atoms with Gasteiger partial charge in [0.25, 0.3) is 5.56 Å². The quantitative estimate of drug-likeness (QED) is 0.509. The Morgan fingerprint density at radius 2 is 1.97 bits per heavy atom. The maximum atomic E-state index is 13.4. The van der Waals surface area contributed by atoms with Crippen LogP contribution in [-0.4, -0.2) is 32.8 Å². The van der Waals surface area contributed by atoms with Crippen molar-refractivity contribution in [3.8, 4) is 22.9 Å². The first kappa shape index (κ1) is 19.7. The molecule has 0 saturated heterocycles. The number of aliphatic hydroxyl groups is 2. The Bertz CT molecular complexity index is 1350. The van der Waals surface area contributed by atoms with Gasteiger partial charge in [0, 0.05) is 28.1 Å². The summed E-state index contributed by atoms with van der Waals surface area (Å²) in [5, 5.41) is 22.5. The third kappa shape index (κ3) is 2.48. The van der Waals surface area contributed by atoms with Crippen LogP contribution in [0.4, 0.5) is 0 Å². The number of aromatic nitrogens is 2. The van der Waals surface area contributed by atoms with Crippen LogP contribution < -0.4 is 15.0 Å². The summed E-state index contributed by atoms with van der Waals surface area (Å²) in [6, 6.07) is 5.67. The van der Waals surface area contributed by atoms with E-state index in [9.17, 15) is 15.0 Å². The van der Waals surface area contributed by atoms with Gasteiger partial charge in [0.05, 0.1) is 30.1 Å².